The SMILES string of the molecule is NC(=O)NC(C=O)=Cc1ccc(F)cc1. The summed E-state index contributed by atoms with van der Waals surface area (Å²) in [5.74, 6) is -0.373. The van der Waals surface area contributed by atoms with Gasteiger partial charge >= 0.3 is 6.03 Å². The zero-order valence-electron chi connectivity index (χ0n) is 7.74. The zero-order valence-corrected chi connectivity index (χ0v) is 7.74. The van der Waals surface area contributed by atoms with Crippen molar-refractivity contribution >= 4 is 18.4 Å². The topological polar surface area (TPSA) is 72.2 Å². The number of rotatable bonds is 3. The van der Waals surface area contributed by atoms with Gasteiger partial charge in [-0.3, -0.25) is 4.79 Å². The molecule has 0 bridgehead atoms. The number of nitrogens with two attached hydrogens (primary N) is 1. The lowest BCUT2D eigenvalue weighted by Gasteiger charge is -1.99. The Balaban J connectivity index is 2.87. The molecule has 78 valence electrons. The lowest BCUT2D eigenvalue weighted by molar-refractivity contribution is -0.105. The molecule has 0 radical (unpaired) electrons. The molecule has 3 N–H and O–H groups in total. The molecule has 1 aromatic carbocycles. The van der Waals surface area contributed by atoms with E-state index >= 15 is 0 Å². The fourth-order valence-electron chi connectivity index (χ4n) is 0.980. The van der Waals surface area contributed by atoms with Crippen LogP contribution in [0.4, 0.5) is 9.18 Å². The van der Waals surface area contributed by atoms with E-state index in [9.17, 15) is 14.0 Å². The van der Waals surface area contributed by atoms with Gasteiger partial charge in [0.05, 0.1) is 5.70 Å². The van der Waals surface area contributed by atoms with Crippen LogP contribution in [0, 0.1) is 5.82 Å². The van der Waals surface area contributed by atoms with Crippen molar-refractivity contribution in [3.8, 4) is 0 Å². The number of nitrogens with one attached hydrogen (secondary N) is 1. The number of carbonyl (C=O) groups is 2. The summed E-state index contributed by atoms with van der Waals surface area (Å²) < 4.78 is 12.5. The molecule has 0 fully saturated rings. The normalized spacial score (nSPS) is 10.9. The van der Waals surface area contributed by atoms with E-state index in [1.54, 1.807) is 0 Å². The Labute approximate surface area is 85.6 Å². The summed E-state index contributed by atoms with van der Waals surface area (Å²) in [5.41, 5.74) is 5.45. The standard InChI is InChI=1S/C10H9FN2O2/c11-8-3-1-7(2-4-8)5-9(6-14)13-10(12)15/h1-6H,(H3,12,13,15). The third kappa shape index (κ3) is 3.60. The minimum absolute atomic E-state index is 0.0223. The Morgan fingerprint density at radius 2 is 1.93 bits per heavy atom. The summed E-state index contributed by atoms with van der Waals surface area (Å²) in [6.07, 6.45) is 1.84. The Bertz CT molecular complexity index is 398. The van der Waals surface area contributed by atoms with Gasteiger partial charge in [-0.15, -0.1) is 0 Å². The lowest BCUT2D eigenvalue weighted by Crippen LogP contribution is -2.29. The molecule has 1 rings (SSSR count). The van der Waals surface area contributed by atoms with Crippen molar-refractivity contribution in [3.63, 3.8) is 0 Å². The third-order valence-electron chi connectivity index (χ3n) is 1.59. The van der Waals surface area contributed by atoms with E-state index in [1.165, 1.54) is 30.3 Å². The highest BCUT2D eigenvalue weighted by molar-refractivity contribution is 5.88. The number of hydrogen-bond acceptors (Lipinski definition) is 2. The number of benzene rings is 1. The van der Waals surface area contributed by atoms with Crippen molar-refractivity contribution in [2.45, 2.75) is 0 Å². The maximum atomic E-state index is 12.5. The smallest absolute Gasteiger partial charge is 0.316 e. The molecule has 0 aliphatic carbocycles. The number of aldehydes is 1. The van der Waals surface area contributed by atoms with E-state index in [4.69, 9.17) is 5.73 Å². The first-order valence-corrected chi connectivity index (χ1v) is 4.10. The van der Waals surface area contributed by atoms with E-state index in [1.807, 2.05) is 0 Å². The van der Waals surface area contributed by atoms with E-state index in [-0.39, 0.29) is 11.5 Å². The highest BCUT2D eigenvalue weighted by Crippen LogP contribution is 2.06. The van der Waals surface area contributed by atoms with Crippen LogP contribution in [0.5, 0.6) is 0 Å². The van der Waals surface area contributed by atoms with E-state index < -0.39 is 6.03 Å². The number of primary amides is 1. The second-order valence-corrected chi connectivity index (χ2v) is 2.76. The highest BCUT2D eigenvalue weighted by atomic mass is 19.1. The predicted molar refractivity (Wildman–Crippen MR) is 53.2 cm³/mol. The fraction of sp³-hybridized carbons (Fsp3) is 0. The van der Waals surface area contributed by atoms with Gasteiger partial charge < -0.3 is 11.1 Å². The summed E-state index contributed by atoms with van der Waals surface area (Å²) in [7, 11) is 0. The molecule has 0 atom stereocenters. The van der Waals surface area contributed by atoms with Gasteiger partial charge in [-0.25, -0.2) is 9.18 Å². The molecule has 2 amide bonds. The van der Waals surface area contributed by atoms with Gasteiger partial charge in [0.2, 0.25) is 0 Å². The molecule has 0 saturated carbocycles. The van der Waals surface area contributed by atoms with Crippen molar-refractivity contribution in [1.82, 2.24) is 5.32 Å². The molecule has 15 heavy (non-hydrogen) atoms. The first-order chi connectivity index (χ1) is 7.11. The maximum absolute atomic E-state index is 12.5. The maximum Gasteiger partial charge on any atom is 0.316 e. The number of amides is 2. The molecule has 4 nitrogen and oxygen atoms in total. The van der Waals surface area contributed by atoms with Crippen LogP contribution in [0.25, 0.3) is 6.08 Å². The molecule has 0 unspecified atom stereocenters. The average Bonchev–Trinajstić information content (AvgIpc) is 2.19. The van der Waals surface area contributed by atoms with Crippen LogP contribution in [-0.2, 0) is 4.79 Å². The lowest BCUT2D eigenvalue weighted by atomic mass is 10.2. The first kappa shape index (κ1) is 10.9. The van der Waals surface area contributed by atoms with Crippen LogP contribution >= 0.6 is 0 Å². The van der Waals surface area contributed by atoms with Gasteiger partial charge in [0.25, 0.3) is 0 Å². The minimum Gasteiger partial charge on any atom is -0.351 e. The van der Waals surface area contributed by atoms with Gasteiger partial charge in [0.1, 0.15) is 5.82 Å². The Morgan fingerprint density at radius 3 is 2.40 bits per heavy atom. The number of urea groups is 1. The Hall–Kier alpha value is -2.17. The molecular weight excluding hydrogens is 199 g/mol. The van der Waals surface area contributed by atoms with Crippen LogP contribution in [0.2, 0.25) is 0 Å². The van der Waals surface area contributed by atoms with Crippen LogP contribution in [0.3, 0.4) is 0 Å². The molecule has 0 aromatic heterocycles. The van der Waals surface area contributed by atoms with Gasteiger partial charge in [-0.2, -0.15) is 0 Å². The van der Waals surface area contributed by atoms with Gasteiger partial charge in [0, 0.05) is 0 Å². The van der Waals surface area contributed by atoms with Crippen molar-refractivity contribution in [3.05, 3.63) is 41.3 Å². The predicted octanol–water partition coefficient (Wildman–Crippen LogP) is 1.03. The Morgan fingerprint density at radius 1 is 1.33 bits per heavy atom. The molecule has 0 spiro atoms. The molecule has 0 aliphatic rings. The summed E-state index contributed by atoms with van der Waals surface area (Å²) in [6.45, 7) is 0. The van der Waals surface area contributed by atoms with E-state index in [0.29, 0.717) is 11.8 Å². The number of hydrogen-bond donors (Lipinski definition) is 2. The van der Waals surface area contributed by atoms with Crippen LogP contribution in [0.1, 0.15) is 5.56 Å². The van der Waals surface area contributed by atoms with Crippen LogP contribution in [-0.4, -0.2) is 12.3 Å². The average molecular weight is 208 g/mol. The zero-order chi connectivity index (χ0) is 11.3. The van der Waals surface area contributed by atoms with E-state index in [2.05, 4.69) is 5.32 Å². The monoisotopic (exact) mass is 208 g/mol. The highest BCUT2D eigenvalue weighted by Gasteiger charge is 1.98. The number of allylic oxidation sites excluding steroid dienone is 1. The Kier molecular flexibility index (Phi) is 3.56. The molecule has 5 heteroatoms. The van der Waals surface area contributed by atoms with E-state index in [0.717, 1.165) is 0 Å². The third-order valence-corrected chi connectivity index (χ3v) is 1.59. The summed E-state index contributed by atoms with van der Waals surface area (Å²) in [6, 6.07) is 4.62. The molecule has 0 saturated heterocycles. The number of carbonyl (C=O) groups excluding carboxylic acids is 2. The molecule has 1 aromatic rings. The largest absolute Gasteiger partial charge is 0.351 e. The van der Waals surface area contributed by atoms with Crippen molar-refractivity contribution < 1.29 is 14.0 Å². The second-order valence-electron chi connectivity index (χ2n) is 2.76. The van der Waals surface area contributed by atoms with Gasteiger partial charge in [0.15, 0.2) is 6.29 Å². The first-order valence-electron chi connectivity index (χ1n) is 4.10. The van der Waals surface area contributed by atoms with Gasteiger partial charge in [-0.1, -0.05) is 12.1 Å². The second kappa shape index (κ2) is 4.90. The van der Waals surface area contributed by atoms with Crippen molar-refractivity contribution in [2.24, 2.45) is 5.73 Å². The van der Waals surface area contributed by atoms with Crippen LogP contribution < -0.4 is 11.1 Å². The fourth-order valence-corrected chi connectivity index (χ4v) is 0.980. The minimum atomic E-state index is -0.824. The summed E-state index contributed by atoms with van der Waals surface area (Å²) in [5, 5.41) is 2.13. The molecular formula is C10H9FN2O2. The summed E-state index contributed by atoms with van der Waals surface area (Å²) in [4.78, 5) is 21.0. The molecule has 0 aliphatic heterocycles. The van der Waals surface area contributed by atoms with Crippen molar-refractivity contribution in [2.75, 3.05) is 0 Å². The summed E-state index contributed by atoms with van der Waals surface area (Å²) >= 11 is 0. The quantitative estimate of drug-likeness (QED) is 0.575. The van der Waals surface area contributed by atoms with Gasteiger partial charge in [-0.05, 0) is 23.8 Å². The molecule has 0 heterocycles. The number of halogens is 1. The van der Waals surface area contributed by atoms with Crippen LogP contribution in [0.15, 0.2) is 30.0 Å². The van der Waals surface area contributed by atoms with Crippen molar-refractivity contribution in [1.29, 1.82) is 0 Å².